The molecule has 0 saturated heterocycles. The molecule has 0 aromatic carbocycles. The minimum Gasteiger partial charge on any atom is -0.481 e. The van der Waals surface area contributed by atoms with Crippen molar-refractivity contribution in [2.45, 2.75) is 12.8 Å². The number of amides is 1. The Kier molecular flexibility index (Phi) is 6.18. The highest BCUT2D eigenvalue weighted by Gasteiger charge is 2.00. The summed E-state index contributed by atoms with van der Waals surface area (Å²) in [5.41, 5.74) is 0. The van der Waals surface area contributed by atoms with Crippen LogP contribution in [0.2, 0.25) is 0 Å². The van der Waals surface area contributed by atoms with Crippen LogP contribution in [0.5, 0.6) is 0 Å². The molecule has 0 aromatic rings. The van der Waals surface area contributed by atoms with Crippen LogP contribution in [0.15, 0.2) is 0 Å². The molecule has 6 heteroatoms. The van der Waals surface area contributed by atoms with E-state index in [1.807, 2.05) is 0 Å². The Morgan fingerprint density at radius 1 is 1.50 bits per heavy atom. The van der Waals surface area contributed by atoms with E-state index in [0.717, 1.165) is 0 Å². The molecular weight excluding hydrogens is 186 g/mol. The highest BCUT2D eigenvalue weighted by atomic mass is 35.5. The summed E-state index contributed by atoms with van der Waals surface area (Å²) in [6, 6.07) is -0.204. The molecule has 70 valence electrons. The number of hydrogen-bond donors (Lipinski definition) is 2. The predicted molar refractivity (Wildman–Crippen MR) is 42.1 cm³/mol. The molecule has 12 heavy (non-hydrogen) atoms. The topological polar surface area (TPSA) is 75.6 Å². The Bertz CT molecular complexity index is 162. The molecule has 0 rings (SSSR count). The average molecular weight is 196 g/mol. The van der Waals surface area contributed by atoms with E-state index < -0.39 is 12.1 Å². The quantitative estimate of drug-likeness (QED) is 0.502. The zero-order valence-electron chi connectivity index (χ0n) is 6.38. The summed E-state index contributed by atoms with van der Waals surface area (Å²) in [5.74, 6) is -0.887. The number of alkyl halides is 1. The van der Waals surface area contributed by atoms with Crippen molar-refractivity contribution in [3.05, 3.63) is 0 Å². The molecule has 0 unspecified atom stereocenters. The second-order valence-corrected chi connectivity index (χ2v) is 2.18. The number of rotatable bonds is 5. The molecule has 0 aliphatic heterocycles. The third-order valence-electron chi connectivity index (χ3n) is 1.02. The summed E-state index contributed by atoms with van der Waals surface area (Å²) in [4.78, 5) is 20.5. The second kappa shape index (κ2) is 6.72. The number of aliphatic carboxylic acids is 1. The van der Waals surface area contributed by atoms with Gasteiger partial charge in [0.25, 0.3) is 0 Å². The number of alkyl carbamates (subject to hydrolysis) is 1. The predicted octanol–water partition coefficient (Wildman–Crippen LogP) is 0.774. The van der Waals surface area contributed by atoms with Gasteiger partial charge in [0.05, 0.1) is 0 Å². The molecule has 0 heterocycles. The molecule has 0 radical (unpaired) electrons. The maximum atomic E-state index is 10.5. The smallest absolute Gasteiger partial charge is 0.408 e. The second-order valence-electron chi connectivity index (χ2n) is 1.96. The molecule has 1 amide bonds. The van der Waals surface area contributed by atoms with E-state index in [4.69, 9.17) is 16.7 Å². The van der Waals surface area contributed by atoms with Crippen LogP contribution in [0.1, 0.15) is 12.8 Å². The van der Waals surface area contributed by atoms with Gasteiger partial charge in [-0.2, -0.15) is 0 Å². The van der Waals surface area contributed by atoms with E-state index >= 15 is 0 Å². The molecule has 0 atom stereocenters. The molecule has 0 spiro atoms. The molecule has 0 bridgehead atoms. The normalized spacial score (nSPS) is 9.08. The lowest BCUT2D eigenvalue weighted by Gasteiger charge is -2.02. The van der Waals surface area contributed by atoms with Gasteiger partial charge in [-0.05, 0) is 6.42 Å². The van der Waals surface area contributed by atoms with E-state index in [-0.39, 0.29) is 19.0 Å². The first-order valence-corrected chi connectivity index (χ1v) is 3.88. The van der Waals surface area contributed by atoms with Crippen LogP contribution in [0.25, 0.3) is 0 Å². The van der Waals surface area contributed by atoms with Gasteiger partial charge in [-0.1, -0.05) is 11.6 Å². The number of halogens is 1. The van der Waals surface area contributed by atoms with Crippen molar-refractivity contribution in [3.8, 4) is 0 Å². The van der Waals surface area contributed by atoms with Crippen LogP contribution in [0.3, 0.4) is 0 Å². The van der Waals surface area contributed by atoms with Crippen LogP contribution < -0.4 is 5.32 Å². The monoisotopic (exact) mass is 195 g/mol. The van der Waals surface area contributed by atoms with Crippen molar-refractivity contribution in [1.29, 1.82) is 0 Å². The summed E-state index contributed by atoms with van der Waals surface area (Å²) in [6.07, 6.45) is -0.219. The summed E-state index contributed by atoms with van der Waals surface area (Å²) >= 11 is 5.08. The molecule has 0 aliphatic rings. The van der Waals surface area contributed by atoms with Gasteiger partial charge in [-0.15, -0.1) is 0 Å². The van der Waals surface area contributed by atoms with Crippen LogP contribution >= 0.6 is 11.6 Å². The van der Waals surface area contributed by atoms with Crippen LogP contribution in [0.4, 0.5) is 4.79 Å². The van der Waals surface area contributed by atoms with Crippen molar-refractivity contribution >= 4 is 23.7 Å². The van der Waals surface area contributed by atoms with Crippen molar-refractivity contribution in [2.24, 2.45) is 0 Å². The SMILES string of the molecule is O=C(O)CCCNC(=O)OCCl. The van der Waals surface area contributed by atoms with E-state index in [2.05, 4.69) is 10.1 Å². The number of carbonyl (C=O) groups is 2. The Morgan fingerprint density at radius 2 is 2.17 bits per heavy atom. The Balaban J connectivity index is 3.19. The molecular formula is C6H10ClNO4. The van der Waals surface area contributed by atoms with Crippen molar-refractivity contribution in [1.82, 2.24) is 5.32 Å². The van der Waals surface area contributed by atoms with Crippen LogP contribution in [-0.4, -0.2) is 29.8 Å². The fourth-order valence-corrected chi connectivity index (χ4v) is 0.630. The Labute approximate surface area is 74.6 Å². The molecule has 5 nitrogen and oxygen atoms in total. The first-order valence-electron chi connectivity index (χ1n) is 3.35. The Hall–Kier alpha value is -0.970. The third-order valence-corrected chi connectivity index (χ3v) is 1.13. The number of carboxylic acid groups (broad SMARTS) is 1. The first kappa shape index (κ1) is 11.0. The fraction of sp³-hybridized carbons (Fsp3) is 0.667. The highest BCUT2D eigenvalue weighted by Crippen LogP contribution is 1.87. The van der Waals surface area contributed by atoms with Gasteiger partial charge in [-0.3, -0.25) is 4.79 Å². The molecule has 0 fully saturated rings. The van der Waals surface area contributed by atoms with Gasteiger partial charge in [0, 0.05) is 13.0 Å². The van der Waals surface area contributed by atoms with Crippen LogP contribution in [0, 0.1) is 0 Å². The van der Waals surface area contributed by atoms with Gasteiger partial charge in [0.1, 0.15) is 0 Å². The maximum absolute atomic E-state index is 10.5. The lowest BCUT2D eigenvalue weighted by Crippen LogP contribution is -2.25. The minimum absolute atomic E-state index is 0.0289. The highest BCUT2D eigenvalue weighted by molar-refractivity contribution is 6.17. The molecule has 0 aromatic heterocycles. The zero-order valence-corrected chi connectivity index (χ0v) is 7.13. The van der Waals surface area contributed by atoms with Gasteiger partial charge < -0.3 is 15.2 Å². The molecule has 0 aliphatic carbocycles. The number of ether oxygens (including phenoxy) is 1. The van der Waals surface area contributed by atoms with Gasteiger partial charge in [0.2, 0.25) is 0 Å². The first-order chi connectivity index (χ1) is 5.66. The lowest BCUT2D eigenvalue weighted by atomic mass is 10.3. The van der Waals surface area contributed by atoms with Gasteiger partial charge in [0.15, 0.2) is 6.07 Å². The largest absolute Gasteiger partial charge is 0.481 e. The van der Waals surface area contributed by atoms with Gasteiger partial charge >= 0.3 is 12.1 Å². The molecule has 0 saturated carbocycles. The van der Waals surface area contributed by atoms with Crippen molar-refractivity contribution < 1.29 is 19.4 Å². The fourth-order valence-electron chi connectivity index (χ4n) is 0.531. The van der Waals surface area contributed by atoms with E-state index in [1.54, 1.807) is 0 Å². The van der Waals surface area contributed by atoms with E-state index in [9.17, 15) is 9.59 Å². The number of carbonyl (C=O) groups excluding carboxylic acids is 1. The van der Waals surface area contributed by atoms with Crippen molar-refractivity contribution in [3.63, 3.8) is 0 Å². The van der Waals surface area contributed by atoms with Crippen molar-refractivity contribution in [2.75, 3.05) is 12.6 Å². The summed E-state index contributed by atoms with van der Waals surface area (Å²) in [6.45, 7) is 0.280. The summed E-state index contributed by atoms with van der Waals surface area (Å²) < 4.78 is 4.32. The average Bonchev–Trinajstić information content (AvgIpc) is 1.98. The van der Waals surface area contributed by atoms with Crippen LogP contribution in [-0.2, 0) is 9.53 Å². The summed E-state index contributed by atoms with van der Waals surface area (Å²) in [5, 5.41) is 10.5. The number of carboxylic acids is 1. The minimum atomic E-state index is -0.887. The third kappa shape index (κ3) is 7.14. The number of hydrogen-bond acceptors (Lipinski definition) is 3. The number of nitrogens with one attached hydrogen (secondary N) is 1. The van der Waals surface area contributed by atoms with E-state index in [1.165, 1.54) is 0 Å². The zero-order chi connectivity index (χ0) is 9.40. The maximum Gasteiger partial charge on any atom is 0.408 e. The standard InChI is InChI=1S/C6H10ClNO4/c7-4-12-6(11)8-3-1-2-5(9)10/h1-4H2,(H,8,11)(H,9,10). The van der Waals surface area contributed by atoms with E-state index in [0.29, 0.717) is 6.42 Å². The summed E-state index contributed by atoms with van der Waals surface area (Å²) in [7, 11) is 0. The lowest BCUT2D eigenvalue weighted by molar-refractivity contribution is -0.137. The molecule has 2 N–H and O–H groups in total. The Morgan fingerprint density at radius 3 is 2.67 bits per heavy atom. The van der Waals surface area contributed by atoms with Gasteiger partial charge in [-0.25, -0.2) is 4.79 Å².